The van der Waals surface area contributed by atoms with Gasteiger partial charge in [-0.15, -0.1) is 0 Å². The van der Waals surface area contributed by atoms with Crippen molar-refractivity contribution >= 4 is 60.0 Å². The normalized spacial score (nSPS) is 15.6. The predicted molar refractivity (Wildman–Crippen MR) is 120 cm³/mol. The first kappa shape index (κ1) is 27.4. The molecule has 1 aliphatic heterocycles. The maximum absolute atomic E-state index is 12.5. The van der Waals surface area contributed by atoms with Crippen molar-refractivity contribution < 1.29 is 43.5 Å². The highest BCUT2D eigenvalue weighted by molar-refractivity contribution is 6.51. The van der Waals surface area contributed by atoms with Crippen LogP contribution in [0.4, 0.5) is 0 Å². The zero-order chi connectivity index (χ0) is 25.6. The van der Waals surface area contributed by atoms with Crippen LogP contribution in [0.5, 0.6) is 0 Å². The molecule has 1 aromatic carbocycles. The number of carboxylic acid groups (broad SMARTS) is 2. The Balaban J connectivity index is 2.10. The van der Waals surface area contributed by atoms with Crippen LogP contribution in [-0.2, 0) is 28.5 Å². The summed E-state index contributed by atoms with van der Waals surface area (Å²) in [5.74, 6) is -6.32. The van der Waals surface area contributed by atoms with Gasteiger partial charge in [0.1, 0.15) is 0 Å². The van der Waals surface area contributed by atoms with E-state index < -0.39 is 67.8 Å². The first-order chi connectivity index (χ1) is 15.8. The molecule has 1 atom stereocenters. The predicted octanol–water partition coefficient (Wildman–Crippen LogP) is 1.54. The fourth-order valence-corrected chi connectivity index (χ4v) is 3.76. The summed E-state index contributed by atoms with van der Waals surface area (Å²) in [6.07, 6.45) is -1.60. The van der Waals surface area contributed by atoms with Crippen LogP contribution in [0.2, 0.25) is 10.0 Å². The molecule has 184 valence electrons. The highest BCUT2D eigenvalue weighted by Gasteiger charge is 2.57. The third-order valence-electron chi connectivity index (χ3n) is 4.79. The van der Waals surface area contributed by atoms with E-state index in [0.29, 0.717) is 0 Å². The number of carbonyl (C=O) groups excluding carboxylic acids is 3. The minimum absolute atomic E-state index is 0.0265. The van der Waals surface area contributed by atoms with Crippen LogP contribution in [0, 0.1) is 5.92 Å². The quantitative estimate of drug-likeness (QED) is 0.318. The first-order valence-electron chi connectivity index (χ1n) is 10.2. The van der Waals surface area contributed by atoms with E-state index in [1.54, 1.807) is 0 Å². The number of amides is 2. The Morgan fingerprint density at radius 1 is 1.12 bits per heavy atom. The van der Waals surface area contributed by atoms with Crippen molar-refractivity contribution in [3.8, 4) is 0 Å². The molecule has 2 amide bonds. The second-order valence-electron chi connectivity index (χ2n) is 8.14. The van der Waals surface area contributed by atoms with Gasteiger partial charge in [0.15, 0.2) is 5.60 Å². The number of rotatable bonds is 11. The standard InChI is InChI=1S/C20H23BCl2N2O9/c1-10(2)5-14(21-33-19(32)20(34-21,7-16(27)28)8-17(29)30)25-15(26)9-24-18(31)12-6-11(22)3-4-13(12)23/h3-4,6,10,14H,5,7-9H2,1-2H3,(H,24,31)(H,25,26)(H,27,28)(H,29,30). The Morgan fingerprint density at radius 3 is 2.29 bits per heavy atom. The van der Waals surface area contributed by atoms with Gasteiger partial charge in [-0.1, -0.05) is 37.0 Å². The first-order valence-corrected chi connectivity index (χ1v) is 10.9. The van der Waals surface area contributed by atoms with Gasteiger partial charge in [0.05, 0.1) is 35.9 Å². The fraction of sp³-hybridized carbons (Fsp3) is 0.450. The Labute approximate surface area is 205 Å². The Morgan fingerprint density at radius 2 is 1.74 bits per heavy atom. The van der Waals surface area contributed by atoms with Gasteiger partial charge in [-0.05, 0) is 30.5 Å². The van der Waals surface area contributed by atoms with E-state index in [2.05, 4.69) is 10.6 Å². The summed E-state index contributed by atoms with van der Waals surface area (Å²) in [6.45, 7) is 3.17. The number of carboxylic acids is 2. The average Bonchev–Trinajstić information content (AvgIpc) is 3.01. The highest BCUT2D eigenvalue weighted by atomic mass is 35.5. The third-order valence-corrected chi connectivity index (χ3v) is 5.36. The summed E-state index contributed by atoms with van der Waals surface area (Å²) in [4.78, 5) is 59.7. The van der Waals surface area contributed by atoms with Gasteiger partial charge < -0.3 is 30.2 Å². The van der Waals surface area contributed by atoms with E-state index in [-0.39, 0.29) is 27.9 Å². The van der Waals surface area contributed by atoms with Crippen LogP contribution in [0.25, 0.3) is 0 Å². The lowest BCUT2D eigenvalue weighted by atomic mass is 9.74. The lowest BCUT2D eigenvalue weighted by molar-refractivity contribution is -0.157. The zero-order valence-electron chi connectivity index (χ0n) is 18.3. The fourth-order valence-electron chi connectivity index (χ4n) is 3.38. The summed E-state index contributed by atoms with van der Waals surface area (Å²) in [5.41, 5.74) is -2.15. The molecule has 1 aliphatic rings. The van der Waals surface area contributed by atoms with Gasteiger partial charge in [0, 0.05) is 5.02 Å². The molecule has 0 aliphatic carbocycles. The highest BCUT2D eigenvalue weighted by Crippen LogP contribution is 2.32. The molecule has 11 nitrogen and oxygen atoms in total. The van der Waals surface area contributed by atoms with Crippen LogP contribution in [0.3, 0.4) is 0 Å². The van der Waals surface area contributed by atoms with Crippen LogP contribution >= 0.6 is 23.2 Å². The van der Waals surface area contributed by atoms with Gasteiger partial charge in [-0.25, -0.2) is 0 Å². The molecule has 1 saturated heterocycles. The molecule has 1 fully saturated rings. The van der Waals surface area contributed by atoms with Gasteiger partial charge in [0.2, 0.25) is 5.91 Å². The molecule has 0 saturated carbocycles. The van der Waals surface area contributed by atoms with Crippen molar-refractivity contribution in [2.75, 3.05) is 6.54 Å². The van der Waals surface area contributed by atoms with Gasteiger partial charge in [0.25, 0.3) is 5.91 Å². The van der Waals surface area contributed by atoms with Crippen molar-refractivity contribution in [1.82, 2.24) is 10.6 Å². The zero-order valence-corrected chi connectivity index (χ0v) is 19.8. The van der Waals surface area contributed by atoms with E-state index in [9.17, 15) is 24.0 Å². The average molecular weight is 517 g/mol. The van der Waals surface area contributed by atoms with E-state index in [1.165, 1.54) is 18.2 Å². The number of hydrogen-bond donors (Lipinski definition) is 4. The third kappa shape index (κ3) is 7.34. The lowest BCUT2D eigenvalue weighted by Gasteiger charge is -2.24. The molecule has 1 unspecified atom stereocenters. The smallest absolute Gasteiger partial charge is 0.506 e. The summed E-state index contributed by atoms with van der Waals surface area (Å²) in [7, 11) is -1.42. The second-order valence-corrected chi connectivity index (χ2v) is 8.98. The molecule has 0 radical (unpaired) electrons. The Kier molecular flexibility index (Phi) is 9.31. The maximum Gasteiger partial charge on any atom is 0.552 e. The van der Waals surface area contributed by atoms with Gasteiger partial charge in [-0.3, -0.25) is 24.0 Å². The molecule has 0 spiro atoms. The van der Waals surface area contributed by atoms with E-state index in [4.69, 9.17) is 42.7 Å². The largest absolute Gasteiger partial charge is 0.552 e. The number of aliphatic carboxylic acids is 2. The summed E-state index contributed by atoms with van der Waals surface area (Å²) >= 11 is 11.8. The van der Waals surface area contributed by atoms with Crippen molar-refractivity contribution in [3.05, 3.63) is 33.8 Å². The number of nitrogens with one attached hydrogen (secondary N) is 2. The molecule has 34 heavy (non-hydrogen) atoms. The molecule has 0 aromatic heterocycles. The molecule has 1 heterocycles. The maximum atomic E-state index is 12.5. The Hall–Kier alpha value is -2.83. The van der Waals surface area contributed by atoms with Crippen molar-refractivity contribution in [3.63, 3.8) is 0 Å². The van der Waals surface area contributed by atoms with Crippen molar-refractivity contribution in [2.45, 2.75) is 44.7 Å². The summed E-state index contributed by atoms with van der Waals surface area (Å²) in [5, 5.41) is 23.7. The van der Waals surface area contributed by atoms with Crippen LogP contribution in [0.15, 0.2) is 18.2 Å². The van der Waals surface area contributed by atoms with Gasteiger partial charge in [-0.2, -0.15) is 0 Å². The van der Waals surface area contributed by atoms with Gasteiger partial charge >= 0.3 is 25.0 Å². The molecule has 0 bridgehead atoms. The SMILES string of the molecule is CC(C)CC(NC(=O)CNC(=O)c1cc(Cl)ccc1Cl)B1OC(=O)C(CC(=O)O)(CC(=O)O)O1. The van der Waals surface area contributed by atoms with E-state index >= 15 is 0 Å². The number of carbonyl (C=O) groups is 5. The van der Waals surface area contributed by atoms with Crippen LogP contribution in [0.1, 0.15) is 43.5 Å². The molecule has 14 heteroatoms. The molecule has 2 rings (SSSR count). The lowest BCUT2D eigenvalue weighted by Crippen LogP contribution is -2.51. The monoisotopic (exact) mass is 516 g/mol. The number of halogens is 2. The molecular weight excluding hydrogens is 494 g/mol. The molecule has 4 N–H and O–H groups in total. The van der Waals surface area contributed by atoms with E-state index in [0.717, 1.165) is 0 Å². The number of benzene rings is 1. The Bertz CT molecular complexity index is 973. The van der Waals surface area contributed by atoms with Crippen molar-refractivity contribution in [2.24, 2.45) is 5.92 Å². The summed E-state index contributed by atoms with van der Waals surface area (Å²) < 4.78 is 10.6. The minimum Gasteiger partial charge on any atom is -0.506 e. The number of hydrogen-bond acceptors (Lipinski definition) is 7. The topological polar surface area (TPSA) is 168 Å². The summed E-state index contributed by atoms with van der Waals surface area (Å²) in [6, 6.07) is 4.28. The van der Waals surface area contributed by atoms with Crippen LogP contribution < -0.4 is 10.6 Å². The molecular formula is C20H23BCl2N2O9. The second kappa shape index (κ2) is 11.5. The minimum atomic E-state index is -2.22. The van der Waals surface area contributed by atoms with E-state index in [1.807, 2.05) is 13.8 Å². The van der Waals surface area contributed by atoms with Crippen LogP contribution in [-0.4, -0.2) is 65.1 Å². The molecule has 1 aromatic rings. The van der Waals surface area contributed by atoms with Crippen molar-refractivity contribution in [1.29, 1.82) is 0 Å².